The molecule has 2 heteroatoms. The van der Waals surface area contributed by atoms with Crippen LogP contribution < -0.4 is 15.6 Å². The normalized spacial score (nSPS) is 10.8. The Morgan fingerprint density at radius 2 is 1.00 bits per heavy atom. The van der Waals surface area contributed by atoms with Crippen LogP contribution in [0.15, 0.2) is 84.9 Å². The van der Waals surface area contributed by atoms with Gasteiger partial charge in [-0.05, 0) is 0 Å². The van der Waals surface area contributed by atoms with E-state index in [4.69, 9.17) is 0 Å². The average Bonchev–Trinajstić information content (AvgIpc) is 2.66. The van der Waals surface area contributed by atoms with E-state index in [0.29, 0.717) is 0 Å². The second-order valence-corrected chi connectivity index (χ2v) is 12.9. The summed E-state index contributed by atoms with van der Waals surface area (Å²) in [6, 6.07) is 31.4. The van der Waals surface area contributed by atoms with Crippen LogP contribution in [0.1, 0.15) is 13.8 Å². The molecular formula is C22H24NSn. The van der Waals surface area contributed by atoms with Crippen LogP contribution in [0.5, 0.6) is 0 Å². The van der Waals surface area contributed by atoms with Crippen LogP contribution in [-0.4, -0.2) is 32.8 Å². The number of rotatable bonds is 6. The molecule has 0 aliphatic carbocycles. The van der Waals surface area contributed by atoms with Crippen LogP contribution >= 0.6 is 0 Å². The predicted molar refractivity (Wildman–Crippen MR) is 108 cm³/mol. The first kappa shape index (κ1) is 17.1. The van der Waals surface area contributed by atoms with E-state index in [1.54, 1.807) is 0 Å². The van der Waals surface area contributed by atoms with Gasteiger partial charge in [0, 0.05) is 0 Å². The molecule has 24 heavy (non-hydrogen) atoms. The van der Waals surface area contributed by atoms with Gasteiger partial charge in [-0.25, -0.2) is 0 Å². The fourth-order valence-electron chi connectivity index (χ4n) is 3.14. The maximum atomic E-state index is 2.40. The average molecular weight is 421 g/mol. The second-order valence-electron chi connectivity index (χ2n) is 5.83. The molecule has 0 aromatic heterocycles. The Kier molecular flexibility index (Phi) is 5.97. The van der Waals surface area contributed by atoms with Crippen molar-refractivity contribution in [3.05, 3.63) is 84.9 Å². The summed E-state index contributed by atoms with van der Waals surface area (Å²) in [4.78, 5) is 2.40. The van der Waals surface area contributed by atoms with Crippen molar-refractivity contribution in [2.45, 2.75) is 13.8 Å². The minimum atomic E-state index is -2.09. The van der Waals surface area contributed by atoms with Gasteiger partial charge in [-0.2, -0.15) is 0 Å². The maximum absolute atomic E-state index is 2.40. The van der Waals surface area contributed by atoms with E-state index in [2.05, 4.69) is 104 Å². The van der Waals surface area contributed by atoms with Gasteiger partial charge in [0.15, 0.2) is 0 Å². The van der Waals surface area contributed by atoms with Crippen molar-refractivity contribution in [3.8, 4) is 0 Å². The first-order chi connectivity index (χ1) is 11.8. The summed E-state index contributed by atoms with van der Waals surface area (Å²) < 4.78 is 4.59. The molecule has 3 aromatic rings. The summed E-state index contributed by atoms with van der Waals surface area (Å²) in [6.45, 7) is 6.54. The second kappa shape index (κ2) is 8.38. The summed E-state index contributed by atoms with van der Waals surface area (Å²) in [7, 11) is 0. The first-order valence-electron chi connectivity index (χ1n) is 8.66. The van der Waals surface area contributed by atoms with Crippen molar-refractivity contribution in [2.24, 2.45) is 0 Å². The topological polar surface area (TPSA) is 3.24 Å². The van der Waals surface area contributed by atoms with E-state index in [0.717, 1.165) is 13.1 Å². The molecule has 0 unspecified atom stereocenters. The van der Waals surface area contributed by atoms with Gasteiger partial charge in [0.25, 0.3) is 0 Å². The van der Waals surface area contributed by atoms with Crippen LogP contribution in [0, 0.1) is 0 Å². The summed E-state index contributed by atoms with van der Waals surface area (Å²) in [5, 5.41) is 0. The van der Waals surface area contributed by atoms with E-state index in [1.807, 2.05) is 0 Å². The van der Waals surface area contributed by atoms with Gasteiger partial charge in [-0.15, -0.1) is 0 Å². The zero-order valence-corrected chi connectivity index (χ0v) is 17.3. The standard InChI is InChI=1S/C10H14N.2C6H5.Sn/c1-3-11(4-2)10-8-6-5-7-9-10;2*1-2-4-6-5-3-1;/h6-9H,3-4H2,1-2H3;2*1-5H;. The van der Waals surface area contributed by atoms with Gasteiger partial charge < -0.3 is 0 Å². The zero-order chi connectivity index (χ0) is 16.8. The molecule has 1 nitrogen and oxygen atoms in total. The molecule has 0 amide bonds. The third-order valence-corrected chi connectivity index (χ3v) is 12.2. The monoisotopic (exact) mass is 422 g/mol. The first-order valence-corrected chi connectivity index (χ1v) is 12.9. The fourth-order valence-corrected chi connectivity index (χ4v) is 10.4. The number of benzene rings is 3. The molecule has 0 bridgehead atoms. The molecule has 0 fully saturated rings. The summed E-state index contributed by atoms with van der Waals surface area (Å²) in [5.74, 6) is 0. The Labute approximate surface area is 152 Å². The molecule has 0 heterocycles. The van der Waals surface area contributed by atoms with Crippen LogP contribution in [0.4, 0.5) is 5.69 Å². The van der Waals surface area contributed by atoms with Crippen molar-refractivity contribution in [2.75, 3.05) is 18.0 Å². The third kappa shape index (κ3) is 3.84. The van der Waals surface area contributed by atoms with Crippen LogP contribution in [-0.2, 0) is 0 Å². The van der Waals surface area contributed by atoms with Gasteiger partial charge in [0.05, 0.1) is 0 Å². The van der Waals surface area contributed by atoms with Crippen LogP contribution in [0.25, 0.3) is 0 Å². The Bertz CT molecular complexity index is 694. The Hall–Kier alpha value is -1.74. The number of hydrogen-bond acceptors (Lipinski definition) is 1. The summed E-state index contributed by atoms with van der Waals surface area (Å²) in [5.41, 5.74) is 1.33. The number of hydrogen-bond donors (Lipinski definition) is 0. The number of nitrogens with zero attached hydrogens (tertiary/aromatic N) is 1. The number of anilines is 1. The molecule has 0 spiro atoms. The van der Waals surface area contributed by atoms with Gasteiger partial charge in [-0.3, -0.25) is 0 Å². The summed E-state index contributed by atoms with van der Waals surface area (Å²) >= 11 is -2.09. The van der Waals surface area contributed by atoms with Crippen LogP contribution in [0.3, 0.4) is 0 Å². The minimum absolute atomic E-state index is 1.05. The molecule has 0 atom stereocenters. The van der Waals surface area contributed by atoms with Crippen molar-refractivity contribution in [1.29, 1.82) is 0 Å². The predicted octanol–water partition coefficient (Wildman–Crippen LogP) is 3.05. The van der Waals surface area contributed by atoms with Crippen LogP contribution in [0.2, 0.25) is 0 Å². The van der Waals surface area contributed by atoms with Gasteiger partial charge in [0.1, 0.15) is 0 Å². The molecule has 0 saturated heterocycles. The van der Waals surface area contributed by atoms with Crippen molar-refractivity contribution in [1.82, 2.24) is 0 Å². The molecule has 1 radical (unpaired) electrons. The van der Waals surface area contributed by atoms with E-state index >= 15 is 0 Å². The fraction of sp³-hybridized carbons (Fsp3) is 0.182. The molecule has 3 aromatic carbocycles. The van der Waals surface area contributed by atoms with E-state index in [1.165, 1.54) is 16.4 Å². The summed E-state index contributed by atoms with van der Waals surface area (Å²) in [6.07, 6.45) is 0. The van der Waals surface area contributed by atoms with Gasteiger partial charge in [-0.1, -0.05) is 0 Å². The molecule has 3 rings (SSSR count). The Morgan fingerprint density at radius 1 is 0.583 bits per heavy atom. The van der Waals surface area contributed by atoms with Crippen molar-refractivity contribution >= 4 is 36.2 Å². The van der Waals surface area contributed by atoms with Gasteiger partial charge >= 0.3 is 153 Å². The molecule has 0 aliphatic rings. The Morgan fingerprint density at radius 3 is 1.42 bits per heavy atom. The molecule has 0 saturated carbocycles. The molecule has 0 N–H and O–H groups in total. The molecule has 0 aliphatic heterocycles. The van der Waals surface area contributed by atoms with E-state index in [-0.39, 0.29) is 0 Å². The van der Waals surface area contributed by atoms with Gasteiger partial charge in [0.2, 0.25) is 0 Å². The van der Waals surface area contributed by atoms with E-state index < -0.39 is 19.8 Å². The van der Waals surface area contributed by atoms with Crippen molar-refractivity contribution in [3.63, 3.8) is 0 Å². The Balaban J connectivity index is 2.00. The molecule has 121 valence electrons. The van der Waals surface area contributed by atoms with E-state index in [9.17, 15) is 0 Å². The SMILES string of the molecule is CCN(CC)c1cc[c]([Sn]([c]2ccccc2)[c]2ccccc2)cc1. The quantitative estimate of drug-likeness (QED) is 0.554. The molecular weight excluding hydrogens is 397 g/mol. The third-order valence-electron chi connectivity index (χ3n) is 4.41. The van der Waals surface area contributed by atoms with Crippen molar-refractivity contribution < 1.29 is 0 Å². The zero-order valence-electron chi connectivity index (χ0n) is 14.4.